The second-order valence-electron chi connectivity index (χ2n) is 3.43. The second kappa shape index (κ2) is 9.96. The van der Waals surface area contributed by atoms with Gasteiger partial charge in [0.25, 0.3) is 0 Å². The topological polar surface area (TPSA) is 33.3 Å². The molecule has 0 spiro atoms. The van der Waals surface area contributed by atoms with E-state index in [1.165, 1.54) is 0 Å². The number of hydrogen-bond acceptors (Lipinski definition) is 3. The predicted molar refractivity (Wildman–Crippen MR) is 57.1 cm³/mol. The van der Waals surface area contributed by atoms with Gasteiger partial charge in [-0.2, -0.15) is 0 Å². The van der Waals surface area contributed by atoms with Crippen LogP contribution in [0.3, 0.4) is 0 Å². The average molecular weight is 188 g/mol. The van der Waals surface area contributed by atoms with E-state index in [1.807, 2.05) is 0 Å². The summed E-state index contributed by atoms with van der Waals surface area (Å²) in [7, 11) is 0. The van der Waals surface area contributed by atoms with E-state index in [4.69, 9.17) is 4.74 Å². The van der Waals surface area contributed by atoms with Crippen molar-refractivity contribution < 1.29 is 4.74 Å². The third-order valence-electron chi connectivity index (χ3n) is 1.69. The van der Waals surface area contributed by atoms with Crippen molar-refractivity contribution in [3.8, 4) is 0 Å². The lowest BCUT2D eigenvalue weighted by Gasteiger charge is -2.08. The number of hydrogen-bond donors (Lipinski definition) is 2. The molecule has 0 aromatic heterocycles. The maximum atomic E-state index is 5.43. The molecule has 3 nitrogen and oxygen atoms in total. The molecule has 0 unspecified atom stereocenters. The highest BCUT2D eigenvalue weighted by Crippen LogP contribution is 1.81. The third-order valence-corrected chi connectivity index (χ3v) is 1.69. The van der Waals surface area contributed by atoms with Crippen LogP contribution in [-0.2, 0) is 4.74 Å². The molecule has 0 aromatic rings. The van der Waals surface area contributed by atoms with Crippen LogP contribution in [0.25, 0.3) is 0 Å². The van der Waals surface area contributed by atoms with Crippen molar-refractivity contribution in [1.82, 2.24) is 10.6 Å². The molecule has 2 N–H and O–H groups in total. The Morgan fingerprint density at radius 3 is 2.54 bits per heavy atom. The summed E-state index contributed by atoms with van der Waals surface area (Å²) in [6, 6.07) is 0.561. The Balaban J connectivity index is 2.84. The van der Waals surface area contributed by atoms with Crippen LogP contribution < -0.4 is 10.6 Å². The molecule has 13 heavy (non-hydrogen) atoms. The first-order chi connectivity index (χ1) is 6.27. The van der Waals surface area contributed by atoms with Gasteiger partial charge in [0.15, 0.2) is 0 Å². The fraction of sp³-hybridized carbons (Fsp3) is 1.00. The van der Waals surface area contributed by atoms with Crippen molar-refractivity contribution in [2.45, 2.75) is 33.2 Å². The first-order valence-corrected chi connectivity index (χ1v) is 5.29. The van der Waals surface area contributed by atoms with Crippen molar-refractivity contribution in [3.05, 3.63) is 0 Å². The van der Waals surface area contributed by atoms with Gasteiger partial charge in [-0.15, -0.1) is 0 Å². The summed E-state index contributed by atoms with van der Waals surface area (Å²) in [6.45, 7) is 11.2. The Bertz CT molecular complexity index is 96.9. The Labute approximate surface area is 82.2 Å². The summed E-state index contributed by atoms with van der Waals surface area (Å²) < 4.78 is 5.43. The van der Waals surface area contributed by atoms with E-state index in [0.29, 0.717) is 6.04 Å². The lowest BCUT2D eigenvalue weighted by molar-refractivity contribution is 0.132. The predicted octanol–water partition coefficient (Wildman–Crippen LogP) is 1.00. The van der Waals surface area contributed by atoms with Crippen LogP contribution in [0.5, 0.6) is 0 Å². The monoisotopic (exact) mass is 188 g/mol. The Morgan fingerprint density at radius 1 is 1.15 bits per heavy atom. The first kappa shape index (κ1) is 12.9. The normalized spacial score (nSPS) is 11.1. The molecule has 0 radical (unpaired) electrons. The summed E-state index contributed by atoms with van der Waals surface area (Å²) in [5.74, 6) is 0. The van der Waals surface area contributed by atoms with Gasteiger partial charge >= 0.3 is 0 Å². The molecule has 0 aliphatic carbocycles. The minimum atomic E-state index is 0.561. The molecule has 0 bridgehead atoms. The molecule has 0 saturated carbocycles. The van der Waals surface area contributed by atoms with Gasteiger partial charge in [-0.1, -0.05) is 20.8 Å². The minimum Gasteiger partial charge on any atom is -0.380 e. The quantitative estimate of drug-likeness (QED) is 0.530. The summed E-state index contributed by atoms with van der Waals surface area (Å²) in [4.78, 5) is 0. The van der Waals surface area contributed by atoms with Gasteiger partial charge < -0.3 is 15.4 Å². The third kappa shape index (κ3) is 11.9. The largest absolute Gasteiger partial charge is 0.380 e. The molecule has 0 heterocycles. The van der Waals surface area contributed by atoms with E-state index in [9.17, 15) is 0 Å². The van der Waals surface area contributed by atoms with Crippen molar-refractivity contribution in [2.24, 2.45) is 0 Å². The molecule has 0 saturated heterocycles. The molecule has 0 atom stereocenters. The van der Waals surface area contributed by atoms with E-state index >= 15 is 0 Å². The maximum Gasteiger partial charge on any atom is 0.0591 e. The van der Waals surface area contributed by atoms with E-state index in [2.05, 4.69) is 31.4 Å². The Hall–Kier alpha value is -0.120. The van der Waals surface area contributed by atoms with Crippen LogP contribution in [-0.4, -0.2) is 38.9 Å². The van der Waals surface area contributed by atoms with E-state index in [0.717, 1.165) is 39.3 Å². The zero-order valence-electron chi connectivity index (χ0n) is 9.23. The molecule has 0 aromatic carbocycles. The van der Waals surface area contributed by atoms with Crippen molar-refractivity contribution in [2.75, 3.05) is 32.8 Å². The number of ether oxygens (including phenoxy) is 1. The smallest absolute Gasteiger partial charge is 0.0591 e. The first-order valence-electron chi connectivity index (χ1n) is 5.29. The highest BCUT2D eigenvalue weighted by Gasteiger charge is 1.91. The average Bonchev–Trinajstić information content (AvgIpc) is 2.09. The lowest BCUT2D eigenvalue weighted by atomic mass is 10.4. The van der Waals surface area contributed by atoms with Gasteiger partial charge in [-0.05, 0) is 19.5 Å². The summed E-state index contributed by atoms with van der Waals surface area (Å²) >= 11 is 0. The van der Waals surface area contributed by atoms with Crippen LogP contribution in [0.2, 0.25) is 0 Å². The van der Waals surface area contributed by atoms with Crippen LogP contribution in [0.4, 0.5) is 0 Å². The Kier molecular flexibility index (Phi) is 9.87. The molecule has 0 amide bonds. The van der Waals surface area contributed by atoms with E-state index in [-0.39, 0.29) is 0 Å². The molecule has 0 fully saturated rings. The molecular weight excluding hydrogens is 164 g/mol. The van der Waals surface area contributed by atoms with Gasteiger partial charge in [0.05, 0.1) is 6.61 Å². The van der Waals surface area contributed by atoms with Crippen molar-refractivity contribution in [1.29, 1.82) is 0 Å². The maximum absolute atomic E-state index is 5.43. The van der Waals surface area contributed by atoms with Gasteiger partial charge in [0.2, 0.25) is 0 Å². The van der Waals surface area contributed by atoms with E-state index in [1.54, 1.807) is 0 Å². The zero-order chi connectivity index (χ0) is 9.94. The fourth-order valence-electron chi connectivity index (χ4n) is 0.998. The fourth-order valence-corrected chi connectivity index (χ4v) is 0.998. The van der Waals surface area contributed by atoms with Gasteiger partial charge in [-0.3, -0.25) is 0 Å². The zero-order valence-corrected chi connectivity index (χ0v) is 9.23. The highest BCUT2D eigenvalue weighted by molar-refractivity contribution is 4.51. The van der Waals surface area contributed by atoms with Crippen molar-refractivity contribution in [3.63, 3.8) is 0 Å². The number of rotatable bonds is 9. The summed E-state index contributed by atoms with van der Waals surface area (Å²) in [5, 5.41) is 6.57. The SMILES string of the molecule is CCNCCCOCCNC(C)C. The molecule has 3 heteroatoms. The van der Waals surface area contributed by atoms with Crippen LogP contribution in [0, 0.1) is 0 Å². The lowest BCUT2D eigenvalue weighted by Crippen LogP contribution is -2.27. The van der Waals surface area contributed by atoms with Crippen LogP contribution in [0.15, 0.2) is 0 Å². The second-order valence-corrected chi connectivity index (χ2v) is 3.43. The molecule has 0 rings (SSSR count). The molecule has 0 aliphatic rings. The summed E-state index contributed by atoms with van der Waals surface area (Å²) in [6.07, 6.45) is 1.11. The van der Waals surface area contributed by atoms with Gasteiger partial charge in [-0.25, -0.2) is 0 Å². The Morgan fingerprint density at radius 2 is 1.92 bits per heavy atom. The standard InChI is InChI=1S/C10H24N2O/c1-4-11-6-5-8-13-9-7-12-10(2)3/h10-12H,4-9H2,1-3H3. The summed E-state index contributed by atoms with van der Waals surface area (Å²) in [5.41, 5.74) is 0. The van der Waals surface area contributed by atoms with Gasteiger partial charge in [0.1, 0.15) is 0 Å². The van der Waals surface area contributed by atoms with E-state index < -0.39 is 0 Å². The van der Waals surface area contributed by atoms with Crippen LogP contribution in [0.1, 0.15) is 27.2 Å². The van der Waals surface area contributed by atoms with Crippen molar-refractivity contribution >= 4 is 0 Å². The van der Waals surface area contributed by atoms with Gasteiger partial charge in [0, 0.05) is 19.2 Å². The highest BCUT2D eigenvalue weighted by atomic mass is 16.5. The van der Waals surface area contributed by atoms with Crippen LogP contribution >= 0.6 is 0 Å². The molecule has 80 valence electrons. The molecular formula is C10H24N2O. The number of nitrogens with one attached hydrogen (secondary N) is 2. The molecule has 0 aliphatic heterocycles. The minimum absolute atomic E-state index is 0.561.